The molecule has 1 N–H and O–H groups in total. The van der Waals surface area contributed by atoms with Gasteiger partial charge in [0.15, 0.2) is 5.75 Å². The Bertz CT molecular complexity index is 577. The average Bonchev–Trinajstić information content (AvgIpc) is 2.32. The Balaban J connectivity index is 2.99. The molecule has 0 aliphatic rings. The lowest BCUT2D eigenvalue weighted by molar-refractivity contribution is -0.275. The zero-order valence-corrected chi connectivity index (χ0v) is 13.3. The molecule has 0 radical (unpaired) electrons. The second kappa shape index (κ2) is 7.43. The van der Waals surface area contributed by atoms with Gasteiger partial charge in [-0.1, -0.05) is 15.9 Å². The van der Waals surface area contributed by atoms with E-state index < -0.39 is 27.0 Å². The highest BCUT2D eigenvalue weighted by molar-refractivity contribution is 9.10. The third-order valence-electron chi connectivity index (χ3n) is 2.16. The topological polar surface area (TPSA) is 64.6 Å². The van der Waals surface area contributed by atoms with Crippen LogP contribution in [-0.2, 0) is 14.8 Å². The maximum atomic E-state index is 12.3. The highest BCUT2D eigenvalue weighted by Gasteiger charge is 2.34. The molecule has 1 aromatic rings. The molecule has 0 aliphatic carbocycles. The summed E-state index contributed by atoms with van der Waals surface area (Å²) >= 11 is 2.96. The molecule has 0 amide bonds. The monoisotopic (exact) mass is 391 g/mol. The number of halogens is 4. The third kappa shape index (κ3) is 6.20. The van der Waals surface area contributed by atoms with E-state index in [1.165, 1.54) is 6.07 Å². The van der Waals surface area contributed by atoms with Crippen LogP contribution in [0.5, 0.6) is 5.75 Å². The number of hydrogen-bond acceptors (Lipinski definition) is 4. The molecule has 120 valence electrons. The molecule has 0 fully saturated rings. The molecule has 21 heavy (non-hydrogen) atoms. The van der Waals surface area contributed by atoms with Gasteiger partial charge in [0.1, 0.15) is 4.90 Å². The first-order chi connectivity index (χ1) is 9.65. The van der Waals surface area contributed by atoms with Crippen molar-refractivity contribution >= 4 is 26.0 Å². The maximum Gasteiger partial charge on any atom is 0.573 e. The molecule has 0 saturated carbocycles. The summed E-state index contributed by atoms with van der Waals surface area (Å²) in [5.74, 6) is -0.805. The Kier molecular flexibility index (Phi) is 6.44. The SMILES string of the molecule is CCOCCNS(=O)(=O)c1ccc(Br)cc1OC(F)(F)F. The number of rotatable bonds is 7. The molecule has 5 nitrogen and oxygen atoms in total. The summed E-state index contributed by atoms with van der Waals surface area (Å²) in [6.45, 7) is 2.19. The first kappa shape index (κ1) is 18.2. The Morgan fingerprint density at radius 2 is 2.00 bits per heavy atom. The minimum absolute atomic E-state index is 0.0578. The minimum Gasteiger partial charge on any atom is -0.404 e. The van der Waals surface area contributed by atoms with Crippen LogP contribution in [0.2, 0.25) is 0 Å². The van der Waals surface area contributed by atoms with Gasteiger partial charge in [0.05, 0.1) is 6.61 Å². The lowest BCUT2D eigenvalue weighted by Crippen LogP contribution is -2.28. The minimum atomic E-state index is -4.99. The van der Waals surface area contributed by atoms with Gasteiger partial charge in [0, 0.05) is 17.6 Å². The van der Waals surface area contributed by atoms with Gasteiger partial charge in [-0.05, 0) is 25.1 Å². The van der Waals surface area contributed by atoms with Crippen molar-refractivity contribution in [3.05, 3.63) is 22.7 Å². The summed E-state index contributed by atoms with van der Waals surface area (Å²) in [5.41, 5.74) is 0. The van der Waals surface area contributed by atoms with Crippen LogP contribution in [-0.4, -0.2) is 34.5 Å². The fraction of sp³-hybridized carbons (Fsp3) is 0.455. The van der Waals surface area contributed by atoms with Crippen LogP contribution in [0.4, 0.5) is 13.2 Å². The molecular weight excluding hydrogens is 379 g/mol. The maximum absolute atomic E-state index is 12.3. The summed E-state index contributed by atoms with van der Waals surface area (Å²) in [4.78, 5) is -0.598. The number of hydrogen-bond donors (Lipinski definition) is 1. The lowest BCUT2D eigenvalue weighted by atomic mass is 10.3. The van der Waals surface area contributed by atoms with E-state index in [1.807, 2.05) is 0 Å². The number of sulfonamides is 1. The Morgan fingerprint density at radius 3 is 2.57 bits per heavy atom. The van der Waals surface area contributed by atoms with E-state index in [4.69, 9.17) is 4.74 Å². The highest BCUT2D eigenvalue weighted by atomic mass is 79.9. The fourth-order valence-corrected chi connectivity index (χ4v) is 2.84. The molecule has 1 aromatic carbocycles. The Hall–Kier alpha value is -0.840. The molecule has 0 aliphatic heterocycles. The predicted octanol–water partition coefficient (Wildman–Crippen LogP) is 2.66. The predicted molar refractivity (Wildman–Crippen MR) is 72.5 cm³/mol. The number of benzene rings is 1. The summed E-state index contributed by atoms with van der Waals surface area (Å²) in [6.07, 6.45) is -4.99. The van der Waals surface area contributed by atoms with Crippen molar-refractivity contribution in [1.82, 2.24) is 4.72 Å². The smallest absolute Gasteiger partial charge is 0.404 e. The van der Waals surface area contributed by atoms with Gasteiger partial charge in [-0.25, -0.2) is 13.1 Å². The van der Waals surface area contributed by atoms with Crippen LogP contribution in [0.1, 0.15) is 6.92 Å². The first-order valence-electron chi connectivity index (χ1n) is 5.78. The largest absolute Gasteiger partial charge is 0.573 e. The third-order valence-corrected chi connectivity index (χ3v) is 4.16. The van der Waals surface area contributed by atoms with Crippen LogP contribution in [0.3, 0.4) is 0 Å². The van der Waals surface area contributed by atoms with E-state index in [-0.39, 0.29) is 17.6 Å². The second-order valence-electron chi connectivity index (χ2n) is 3.73. The van der Waals surface area contributed by atoms with Crippen molar-refractivity contribution in [2.24, 2.45) is 0 Å². The second-order valence-corrected chi connectivity index (χ2v) is 6.38. The molecular formula is C11H13BrF3NO4S. The van der Waals surface area contributed by atoms with Crippen molar-refractivity contribution in [2.75, 3.05) is 19.8 Å². The van der Waals surface area contributed by atoms with E-state index in [2.05, 4.69) is 25.4 Å². The zero-order valence-electron chi connectivity index (χ0n) is 10.9. The molecule has 0 spiro atoms. The van der Waals surface area contributed by atoms with Crippen molar-refractivity contribution in [3.8, 4) is 5.75 Å². The van der Waals surface area contributed by atoms with E-state index >= 15 is 0 Å². The van der Waals surface area contributed by atoms with Crippen LogP contribution >= 0.6 is 15.9 Å². The summed E-state index contributed by atoms with van der Waals surface area (Å²) in [7, 11) is -4.14. The molecule has 0 heterocycles. The molecule has 0 bridgehead atoms. The number of nitrogens with one attached hydrogen (secondary N) is 1. The van der Waals surface area contributed by atoms with E-state index in [1.54, 1.807) is 6.92 Å². The normalized spacial score (nSPS) is 12.4. The number of alkyl halides is 3. The van der Waals surface area contributed by atoms with Crippen molar-refractivity contribution < 1.29 is 31.1 Å². The first-order valence-corrected chi connectivity index (χ1v) is 8.06. The van der Waals surface area contributed by atoms with Crippen molar-refractivity contribution in [3.63, 3.8) is 0 Å². The van der Waals surface area contributed by atoms with Gasteiger partial charge < -0.3 is 9.47 Å². The van der Waals surface area contributed by atoms with Gasteiger partial charge in [0.2, 0.25) is 10.0 Å². The summed E-state index contributed by atoms with van der Waals surface area (Å²) in [6, 6.07) is 3.26. The molecule has 0 aromatic heterocycles. The van der Waals surface area contributed by atoms with E-state index in [9.17, 15) is 21.6 Å². The molecule has 0 unspecified atom stereocenters. The van der Waals surface area contributed by atoms with Crippen molar-refractivity contribution in [2.45, 2.75) is 18.2 Å². The standard InChI is InChI=1S/C11H13BrF3NO4S/c1-2-19-6-5-16-21(17,18)10-4-3-8(12)7-9(10)20-11(13,14)15/h3-4,7,16H,2,5-6H2,1H3. The van der Waals surface area contributed by atoms with Crippen LogP contribution in [0.15, 0.2) is 27.6 Å². The Morgan fingerprint density at radius 1 is 1.33 bits per heavy atom. The average molecular weight is 392 g/mol. The van der Waals surface area contributed by atoms with Gasteiger partial charge >= 0.3 is 6.36 Å². The lowest BCUT2D eigenvalue weighted by Gasteiger charge is -2.14. The van der Waals surface area contributed by atoms with Crippen LogP contribution in [0, 0.1) is 0 Å². The number of ether oxygens (including phenoxy) is 2. The van der Waals surface area contributed by atoms with Gasteiger partial charge in [-0.15, -0.1) is 13.2 Å². The van der Waals surface area contributed by atoms with Gasteiger partial charge in [0.25, 0.3) is 0 Å². The zero-order chi connectivity index (χ0) is 16.1. The van der Waals surface area contributed by atoms with E-state index in [0.717, 1.165) is 12.1 Å². The van der Waals surface area contributed by atoms with Gasteiger partial charge in [-0.3, -0.25) is 0 Å². The van der Waals surface area contributed by atoms with Crippen LogP contribution in [0.25, 0.3) is 0 Å². The molecule has 10 heteroatoms. The van der Waals surface area contributed by atoms with Gasteiger partial charge in [-0.2, -0.15) is 0 Å². The molecule has 1 rings (SSSR count). The highest BCUT2D eigenvalue weighted by Crippen LogP contribution is 2.32. The molecule has 0 atom stereocenters. The Labute approximate surface area is 128 Å². The van der Waals surface area contributed by atoms with Crippen LogP contribution < -0.4 is 9.46 Å². The van der Waals surface area contributed by atoms with Crippen molar-refractivity contribution in [1.29, 1.82) is 0 Å². The molecule has 0 saturated heterocycles. The quantitative estimate of drug-likeness (QED) is 0.725. The summed E-state index contributed by atoms with van der Waals surface area (Å²) in [5, 5.41) is 0. The fourth-order valence-electron chi connectivity index (χ4n) is 1.38. The summed E-state index contributed by atoms with van der Waals surface area (Å²) < 4.78 is 72.0. The van der Waals surface area contributed by atoms with E-state index in [0.29, 0.717) is 6.61 Å².